The summed E-state index contributed by atoms with van der Waals surface area (Å²) >= 11 is 0. The first-order valence-electron chi connectivity index (χ1n) is 7.44. The van der Waals surface area contributed by atoms with E-state index in [1.807, 2.05) is 38.1 Å². The first kappa shape index (κ1) is 16.4. The predicted octanol–water partition coefficient (Wildman–Crippen LogP) is 2.49. The Hall–Kier alpha value is -2.51. The summed E-state index contributed by atoms with van der Waals surface area (Å²) in [6.45, 7) is 3.97. The number of hydrogen-bond donors (Lipinski definition) is 2. The van der Waals surface area contributed by atoms with Gasteiger partial charge in [-0.15, -0.1) is 0 Å². The quantitative estimate of drug-likeness (QED) is 0.746. The standard InChI is InChI=1S/C17H18N4O2S/c1-12-6-13(2)8-15(7-12)17(14-4-3-5-18-9-14)21-24(22,23)16-10-19-11-20-16/h3-11,17,21H,1-2H3,(H,19,20)/t17-/m1/s1. The van der Waals surface area contributed by atoms with Crippen molar-refractivity contribution in [3.8, 4) is 0 Å². The highest BCUT2D eigenvalue weighted by molar-refractivity contribution is 7.89. The van der Waals surface area contributed by atoms with Crippen molar-refractivity contribution in [3.63, 3.8) is 0 Å². The number of imidazole rings is 1. The van der Waals surface area contributed by atoms with Crippen LogP contribution >= 0.6 is 0 Å². The third-order valence-corrected chi connectivity index (χ3v) is 4.98. The Morgan fingerprint density at radius 3 is 2.38 bits per heavy atom. The van der Waals surface area contributed by atoms with Gasteiger partial charge in [0.05, 0.1) is 18.6 Å². The van der Waals surface area contributed by atoms with Crippen LogP contribution in [0.4, 0.5) is 0 Å². The lowest BCUT2D eigenvalue weighted by molar-refractivity contribution is 0.568. The lowest BCUT2D eigenvalue weighted by Crippen LogP contribution is -2.30. The number of aromatic nitrogens is 3. The average molecular weight is 342 g/mol. The Morgan fingerprint density at radius 1 is 1.04 bits per heavy atom. The van der Waals surface area contributed by atoms with Crippen LogP contribution in [-0.4, -0.2) is 23.4 Å². The van der Waals surface area contributed by atoms with Crippen LogP contribution in [0, 0.1) is 13.8 Å². The molecule has 0 bridgehead atoms. The van der Waals surface area contributed by atoms with Crippen molar-refractivity contribution in [2.24, 2.45) is 0 Å². The number of nitrogens with zero attached hydrogens (tertiary/aromatic N) is 2. The summed E-state index contributed by atoms with van der Waals surface area (Å²) < 4.78 is 28.0. The second-order valence-corrected chi connectivity index (χ2v) is 7.36. The minimum Gasteiger partial charge on any atom is -0.335 e. The van der Waals surface area contributed by atoms with Crippen LogP contribution in [0.25, 0.3) is 0 Å². The van der Waals surface area contributed by atoms with Crippen molar-refractivity contribution in [2.45, 2.75) is 24.9 Å². The second kappa shape index (κ2) is 6.54. The van der Waals surface area contributed by atoms with Gasteiger partial charge in [0, 0.05) is 12.4 Å². The van der Waals surface area contributed by atoms with E-state index in [4.69, 9.17) is 0 Å². The zero-order valence-electron chi connectivity index (χ0n) is 13.4. The third-order valence-electron chi connectivity index (χ3n) is 3.63. The maximum Gasteiger partial charge on any atom is 0.258 e. The van der Waals surface area contributed by atoms with Gasteiger partial charge in [0.2, 0.25) is 0 Å². The average Bonchev–Trinajstić information content (AvgIpc) is 3.08. The molecule has 0 amide bonds. The molecule has 0 fully saturated rings. The van der Waals surface area contributed by atoms with Gasteiger partial charge >= 0.3 is 0 Å². The van der Waals surface area contributed by atoms with Gasteiger partial charge < -0.3 is 4.98 Å². The monoisotopic (exact) mass is 342 g/mol. The minimum atomic E-state index is -3.73. The van der Waals surface area contributed by atoms with Crippen LogP contribution in [-0.2, 0) is 10.0 Å². The first-order valence-corrected chi connectivity index (χ1v) is 8.93. The van der Waals surface area contributed by atoms with Crippen LogP contribution in [0.5, 0.6) is 0 Å². The fourth-order valence-electron chi connectivity index (χ4n) is 2.66. The van der Waals surface area contributed by atoms with Gasteiger partial charge in [-0.25, -0.2) is 13.4 Å². The Kier molecular flexibility index (Phi) is 4.46. The van der Waals surface area contributed by atoms with Gasteiger partial charge in [0.15, 0.2) is 5.03 Å². The molecule has 2 N–H and O–H groups in total. The third kappa shape index (κ3) is 3.52. The molecule has 7 heteroatoms. The van der Waals surface area contributed by atoms with Crippen LogP contribution in [0.1, 0.15) is 28.3 Å². The molecule has 0 saturated carbocycles. The van der Waals surface area contributed by atoms with Crippen LogP contribution in [0.3, 0.4) is 0 Å². The van der Waals surface area contributed by atoms with Crippen LogP contribution in [0.15, 0.2) is 60.3 Å². The fourth-order valence-corrected chi connectivity index (χ4v) is 3.78. The van der Waals surface area contributed by atoms with E-state index in [1.165, 1.54) is 12.5 Å². The minimum absolute atomic E-state index is 0.0285. The molecule has 0 aliphatic carbocycles. The normalized spacial score (nSPS) is 12.9. The van der Waals surface area contributed by atoms with E-state index < -0.39 is 16.1 Å². The topological polar surface area (TPSA) is 87.7 Å². The lowest BCUT2D eigenvalue weighted by Gasteiger charge is -2.20. The second-order valence-electron chi connectivity index (χ2n) is 5.68. The highest BCUT2D eigenvalue weighted by atomic mass is 32.2. The van der Waals surface area contributed by atoms with E-state index >= 15 is 0 Å². The van der Waals surface area contributed by atoms with Crippen molar-refractivity contribution in [3.05, 3.63) is 77.5 Å². The molecular weight excluding hydrogens is 324 g/mol. The van der Waals surface area contributed by atoms with Crippen molar-refractivity contribution >= 4 is 10.0 Å². The number of rotatable bonds is 5. The number of sulfonamides is 1. The maximum absolute atomic E-state index is 12.6. The largest absolute Gasteiger partial charge is 0.335 e. The van der Waals surface area contributed by atoms with Gasteiger partial charge in [0.25, 0.3) is 10.0 Å². The SMILES string of the molecule is Cc1cc(C)cc([C@H](NS(=O)(=O)c2cnc[nH]2)c2cccnc2)c1. The molecule has 0 spiro atoms. The molecule has 1 aromatic carbocycles. The number of hydrogen-bond acceptors (Lipinski definition) is 4. The maximum atomic E-state index is 12.6. The molecular formula is C17H18N4O2S. The van der Waals surface area contributed by atoms with E-state index in [0.29, 0.717) is 0 Å². The summed E-state index contributed by atoms with van der Waals surface area (Å²) in [7, 11) is -3.73. The molecule has 2 aromatic heterocycles. The zero-order valence-corrected chi connectivity index (χ0v) is 14.2. The first-order chi connectivity index (χ1) is 11.5. The predicted molar refractivity (Wildman–Crippen MR) is 90.9 cm³/mol. The van der Waals surface area contributed by atoms with Crippen molar-refractivity contribution < 1.29 is 8.42 Å². The molecule has 0 radical (unpaired) electrons. The number of pyridine rings is 1. The summed E-state index contributed by atoms with van der Waals surface area (Å²) in [5.74, 6) is 0. The smallest absolute Gasteiger partial charge is 0.258 e. The number of nitrogens with one attached hydrogen (secondary N) is 2. The highest BCUT2D eigenvalue weighted by Gasteiger charge is 2.24. The van der Waals surface area contributed by atoms with Crippen LogP contribution < -0.4 is 4.72 Å². The lowest BCUT2D eigenvalue weighted by atomic mass is 9.97. The van der Waals surface area contributed by atoms with E-state index in [9.17, 15) is 8.42 Å². The van der Waals surface area contributed by atoms with E-state index in [0.717, 1.165) is 22.3 Å². The number of aromatic amines is 1. The summed E-state index contributed by atoms with van der Waals surface area (Å²) in [6, 6.07) is 9.10. The summed E-state index contributed by atoms with van der Waals surface area (Å²) in [5, 5.41) is 0.0285. The number of aryl methyl sites for hydroxylation is 2. The summed E-state index contributed by atoms with van der Waals surface area (Å²) in [5.41, 5.74) is 3.77. The molecule has 3 aromatic rings. The molecule has 0 saturated heterocycles. The molecule has 24 heavy (non-hydrogen) atoms. The summed E-state index contributed by atoms with van der Waals surface area (Å²) in [6.07, 6.45) is 5.94. The van der Waals surface area contributed by atoms with Gasteiger partial charge in [-0.1, -0.05) is 35.4 Å². The Bertz CT molecular complexity index is 902. The van der Waals surface area contributed by atoms with E-state index in [1.54, 1.807) is 18.5 Å². The molecule has 6 nitrogen and oxygen atoms in total. The van der Waals surface area contributed by atoms with Crippen molar-refractivity contribution in [1.29, 1.82) is 0 Å². The number of benzene rings is 1. The van der Waals surface area contributed by atoms with Gasteiger partial charge in [-0.05, 0) is 31.0 Å². The Balaban J connectivity index is 2.06. The highest BCUT2D eigenvalue weighted by Crippen LogP contribution is 2.25. The van der Waals surface area contributed by atoms with Crippen molar-refractivity contribution in [2.75, 3.05) is 0 Å². The molecule has 124 valence electrons. The van der Waals surface area contributed by atoms with Gasteiger partial charge in [0.1, 0.15) is 0 Å². The van der Waals surface area contributed by atoms with E-state index in [-0.39, 0.29) is 5.03 Å². The Labute approximate surface area is 141 Å². The molecule has 0 aliphatic heterocycles. The van der Waals surface area contributed by atoms with Gasteiger partial charge in [-0.3, -0.25) is 4.98 Å². The molecule has 2 heterocycles. The molecule has 0 unspecified atom stereocenters. The van der Waals surface area contributed by atoms with Crippen molar-refractivity contribution in [1.82, 2.24) is 19.7 Å². The summed E-state index contributed by atoms with van der Waals surface area (Å²) in [4.78, 5) is 10.5. The molecule has 0 aliphatic rings. The van der Waals surface area contributed by atoms with Crippen LogP contribution in [0.2, 0.25) is 0 Å². The van der Waals surface area contributed by atoms with Gasteiger partial charge in [-0.2, -0.15) is 4.72 Å². The van der Waals surface area contributed by atoms with E-state index in [2.05, 4.69) is 19.7 Å². The zero-order chi connectivity index (χ0) is 17.2. The fraction of sp³-hybridized carbons (Fsp3) is 0.176. The number of H-pyrrole nitrogens is 1. The molecule has 3 rings (SSSR count). The Morgan fingerprint density at radius 2 is 1.79 bits per heavy atom. The molecule has 1 atom stereocenters.